The first kappa shape index (κ1) is 66.0. The summed E-state index contributed by atoms with van der Waals surface area (Å²) in [4.78, 5) is 37.4. The molecule has 0 aliphatic rings. The average Bonchev–Trinajstić information content (AvgIpc) is 3.31. The highest BCUT2D eigenvalue weighted by atomic mass is 16.7. The predicted octanol–water partition coefficient (Wildman–Crippen LogP) is 16.5. The van der Waals surface area contributed by atoms with E-state index in [-0.39, 0.29) is 32.2 Å². The summed E-state index contributed by atoms with van der Waals surface area (Å²) >= 11 is 0. The molecule has 69 heavy (non-hydrogen) atoms. The fourth-order valence-corrected chi connectivity index (χ4v) is 7.88. The fraction of sp³-hybridized carbons (Fsp3) is 0.783. The van der Waals surface area contributed by atoms with Gasteiger partial charge >= 0.3 is 17.9 Å². The Morgan fingerprint density at radius 2 is 0.826 bits per heavy atom. The number of carbonyl (C=O) groups is 3. The first-order chi connectivity index (χ1) is 33.6. The molecule has 0 amide bonds. The molecule has 0 radical (unpaired) electrons. The Bertz CT molecular complexity index is 1310. The van der Waals surface area contributed by atoms with Crippen molar-refractivity contribution < 1.29 is 42.9 Å². The predicted molar refractivity (Wildman–Crippen MR) is 290 cm³/mol. The number of rotatable bonds is 52. The molecule has 0 aromatic heterocycles. The molecule has 0 aliphatic carbocycles. The fourth-order valence-electron chi connectivity index (χ4n) is 7.88. The smallest absolute Gasteiger partial charge is 0.361 e. The minimum absolute atomic E-state index is 0.184. The second-order valence-corrected chi connectivity index (χ2v) is 20.2. The SMILES string of the molecule is CC/C=C\C/C=C\C/C=C\CCCCCCCCCC(=O)OC(COC(=O)CCCCCCCCCCCCCCCCC/C=C\C/C=C\CCCCCCC)COC(OCC[N+](C)(C)C)C(=O)O. The zero-order valence-electron chi connectivity index (χ0n) is 45.5. The molecular weight excluding hydrogens is 863 g/mol. The van der Waals surface area contributed by atoms with E-state index in [1.165, 1.54) is 141 Å². The molecule has 9 nitrogen and oxygen atoms in total. The van der Waals surface area contributed by atoms with Crippen LogP contribution in [0.3, 0.4) is 0 Å². The van der Waals surface area contributed by atoms with Crippen LogP contribution in [-0.4, -0.2) is 87.4 Å². The summed E-state index contributed by atoms with van der Waals surface area (Å²) in [6.07, 6.45) is 61.5. The van der Waals surface area contributed by atoms with E-state index in [4.69, 9.17) is 18.9 Å². The van der Waals surface area contributed by atoms with Gasteiger partial charge in [-0.15, -0.1) is 0 Å². The van der Waals surface area contributed by atoms with Crippen LogP contribution in [0.1, 0.15) is 245 Å². The Balaban J connectivity index is 4.20. The molecule has 2 unspecified atom stereocenters. The lowest BCUT2D eigenvalue weighted by atomic mass is 10.0. The van der Waals surface area contributed by atoms with Crippen molar-refractivity contribution in [1.82, 2.24) is 0 Å². The Kier molecular flexibility index (Phi) is 49.1. The Labute approximate surface area is 425 Å². The lowest BCUT2D eigenvalue weighted by molar-refractivity contribution is -0.870. The number of carboxylic acids is 1. The van der Waals surface area contributed by atoms with Crippen molar-refractivity contribution in [3.8, 4) is 0 Å². The van der Waals surface area contributed by atoms with E-state index in [0.29, 0.717) is 23.9 Å². The second-order valence-electron chi connectivity index (χ2n) is 20.2. The average molecular weight is 972 g/mol. The van der Waals surface area contributed by atoms with Crippen LogP contribution in [-0.2, 0) is 33.3 Å². The van der Waals surface area contributed by atoms with Gasteiger partial charge in [0, 0.05) is 12.8 Å². The Morgan fingerprint density at radius 1 is 0.449 bits per heavy atom. The van der Waals surface area contributed by atoms with Gasteiger partial charge in [0.25, 0.3) is 6.29 Å². The number of hydrogen-bond acceptors (Lipinski definition) is 7. The van der Waals surface area contributed by atoms with E-state index in [1.54, 1.807) is 0 Å². The first-order valence-corrected chi connectivity index (χ1v) is 28.5. The van der Waals surface area contributed by atoms with Gasteiger partial charge in [0.05, 0.1) is 34.4 Å². The largest absolute Gasteiger partial charge is 0.477 e. The molecule has 0 bridgehead atoms. The number of hydrogen-bond donors (Lipinski definition) is 1. The number of carboxylic acid groups (broad SMARTS) is 1. The molecule has 1 N–H and O–H groups in total. The van der Waals surface area contributed by atoms with Crippen molar-refractivity contribution in [2.24, 2.45) is 0 Å². The summed E-state index contributed by atoms with van der Waals surface area (Å²) in [6.45, 7) is 4.76. The zero-order chi connectivity index (χ0) is 50.6. The molecule has 9 heteroatoms. The van der Waals surface area contributed by atoms with Crippen LogP contribution in [0.15, 0.2) is 60.8 Å². The summed E-state index contributed by atoms with van der Waals surface area (Å²) in [6, 6.07) is 0. The minimum Gasteiger partial charge on any atom is -0.477 e. The number of aliphatic carboxylic acids is 1. The first-order valence-electron chi connectivity index (χ1n) is 28.5. The number of ether oxygens (including phenoxy) is 4. The van der Waals surface area contributed by atoms with E-state index >= 15 is 0 Å². The van der Waals surface area contributed by atoms with E-state index in [0.717, 1.165) is 70.6 Å². The maximum Gasteiger partial charge on any atom is 0.361 e. The second kappa shape index (κ2) is 51.3. The molecule has 0 saturated carbocycles. The molecular formula is C60H108NO8+. The highest BCUT2D eigenvalue weighted by molar-refractivity contribution is 5.71. The van der Waals surface area contributed by atoms with Crippen molar-refractivity contribution in [3.63, 3.8) is 0 Å². The molecule has 0 fully saturated rings. The van der Waals surface area contributed by atoms with E-state index in [2.05, 4.69) is 74.6 Å². The summed E-state index contributed by atoms with van der Waals surface area (Å²) in [7, 11) is 5.96. The molecule has 400 valence electrons. The number of nitrogens with zero attached hydrogens (tertiary/aromatic N) is 1. The zero-order valence-corrected chi connectivity index (χ0v) is 45.5. The molecule has 0 rings (SSSR count). The van der Waals surface area contributed by atoms with Crippen LogP contribution in [0, 0.1) is 0 Å². The number of carbonyl (C=O) groups excluding carboxylic acids is 2. The van der Waals surface area contributed by atoms with E-state index in [9.17, 15) is 19.5 Å². The molecule has 0 spiro atoms. The lowest BCUT2D eigenvalue weighted by Crippen LogP contribution is -2.40. The van der Waals surface area contributed by atoms with Crippen molar-refractivity contribution in [3.05, 3.63) is 60.8 Å². The van der Waals surface area contributed by atoms with Crippen molar-refractivity contribution >= 4 is 17.9 Å². The molecule has 0 heterocycles. The monoisotopic (exact) mass is 971 g/mol. The van der Waals surface area contributed by atoms with Crippen LogP contribution >= 0.6 is 0 Å². The van der Waals surface area contributed by atoms with Crippen LogP contribution in [0.4, 0.5) is 0 Å². The summed E-state index contributed by atoms with van der Waals surface area (Å²) in [5.74, 6) is -2.01. The van der Waals surface area contributed by atoms with Crippen LogP contribution in [0.25, 0.3) is 0 Å². The summed E-state index contributed by atoms with van der Waals surface area (Å²) < 4.78 is 22.9. The van der Waals surface area contributed by atoms with Crippen LogP contribution in [0.5, 0.6) is 0 Å². The number of unbranched alkanes of at least 4 members (excludes halogenated alkanes) is 27. The van der Waals surface area contributed by atoms with E-state index in [1.807, 2.05) is 21.1 Å². The van der Waals surface area contributed by atoms with Gasteiger partial charge in [-0.25, -0.2) is 4.79 Å². The molecule has 0 saturated heterocycles. The lowest BCUT2D eigenvalue weighted by Gasteiger charge is -2.25. The van der Waals surface area contributed by atoms with Gasteiger partial charge in [0.15, 0.2) is 6.10 Å². The van der Waals surface area contributed by atoms with Crippen molar-refractivity contribution in [2.75, 3.05) is 47.5 Å². The Hall–Kier alpha value is -3.01. The number of allylic oxidation sites excluding steroid dienone is 10. The van der Waals surface area contributed by atoms with Crippen LogP contribution in [0.2, 0.25) is 0 Å². The van der Waals surface area contributed by atoms with Gasteiger partial charge in [0.1, 0.15) is 13.2 Å². The molecule has 0 aliphatic heterocycles. The summed E-state index contributed by atoms with van der Waals surface area (Å²) in [5.41, 5.74) is 0. The minimum atomic E-state index is -1.51. The van der Waals surface area contributed by atoms with Gasteiger partial charge < -0.3 is 28.5 Å². The summed E-state index contributed by atoms with van der Waals surface area (Å²) in [5, 5.41) is 9.69. The van der Waals surface area contributed by atoms with Gasteiger partial charge in [0.2, 0.25) is 0 Å². The number of quaternary nitrogens is 1. The van der Waals surface area contributed by atoms with Crippen molar-refractivity contribution in [1.29, 1.82) is 0 Å². The standard InChI is InChI=1S/C60H107NO8/c1-6-8-10-12-14-16-18-20-22-24-25-26-27-28-29-30-31-32-33-35-36-38-40-42-44-46-48-50-57(62)67-54-56(55-68-60(59(64)65)66-53-52-61(3,4)5)69-58(63)51-49-47-45-43-41-39-37-34-23-21-19-17-15-13-11-9-7-2/h9,11,15,17-18,20-21,23-25,56,60H,6-8,10,12-14,16,19,22,26-55H2,1-5H3/p+1/b11-9-,17-15-,20-18-,23-21-,25-24-. The third-order valence-electron chi connectivity index (χ3n) is 12.3. The topological polar surface area (TPSA) is 108 Å². The van der Waals surface area contributed by atoms with Crippen molar-refractivity contribution in [2.45, 2.75) is 257 Å². The molecule has 2 atom stereocenters. The molecule has 0 aromatic carbocycles. The highest BCUT2D eigenvalue weighted by Crippen LogP contribution is 2.16. The third-order valence-corrected chi connectivity index (χ3v) is 12.3. The molecule has 0 aromatic rings. The third kappa shape index (κ3) is 52.6. The number of likely N-dealkylation sites (N-methyl/N-ethyl adjacent to an activating group) is 1. The van der Waals surface area contributed by atoms with Gasteiger partial charge in [-0.1, -0.05) is 216 Å². The van der Waals surface area contributed by atoms with Gasteiger partial charge in [-0.05, 0) is 77.0 Å². The maximum absolute atomic E-state index is 12.8. The highest BCUT2D eigenvalue weighted by Gasteiger charge is 2.25. The Morgan fingerprint density at radius 3 is 1.23 bits per heavy atom. The van der Waals surface area contributed by atoms with Crippen LogP contribution < -0.4 is 0 Å². The van der Waals surface area contributed by atoms with E-state index < -0.39 is 24.3 Å². The quantitative estimate of drug-likeness (QED) is 0.0211. The van der Waals surface area contributed by atoms with Gasteiger partial charge in [-0.3, -0.25) is 9.59 Å². The maximum atomic E-state index is 12.8. The van der Waals surface area contributed by atoms with Gasteiger partial charge in [-0.2, -0.15) is 0 Å². The number of esters is 2. The normalized spacial score (nSPS) is 13.2.